The maximum atomic E-state index is 2.33. The largest absolute Gasteiger partial charge is 0.0895 e. The van der Waals surface area contributed by atoms with E-state index in [1.807, 2.05) is 11.8 Å². The number of hydrogen-bond donors (Lipinski definition) is 0. The Morgan fingerprint density at radius 2 is 1.59 bits per heavy atom. The van der Waals surface area contributed by atoms with Crippen LogP contribution in [0.3, 0.4) is 0 Å². The number of rotatable bonds is 0. The molecule has 0 atom stereocenters. The molecule has 86 valence electrons. The molecule has 3 rings (SSSR count). The molecule has 17 heavy (non-hydrogen) atoms. The molecule has 0 aliphatic carbocycles. The van der Waals surface area contributed by atoms with Gasteiger partial charge in [-0.25, -0.2) is 0 Å². The zero-order valence-electron chi connectivity index (χ0n) is 10.4. The first-order valence-corrected chi connectivity index (χ1v) is 6.79. The van der Waals surface area contributed by atoms with Crippen molar-refractivity contribution in [1.82, 2.24) is 0 Å². The lowest BCUT2D eigenvalue weighted by Gasteiger charge is -2.34. The topological polar surface area (TPSA) is 0 Å². The summed E-state index contributed by atoms with van der Waals surface area (Å²) in [6.45, 7) is 6.81. The van der Waals surface area contributed by atoms with E-state index in [9.17, 15) is 0 Å². The third-order valence-corrected chi connectivity index (χ3v) is 4.74. The van der Waals surface area contributed by atoms with Gasteiger partial charge in [0.15, 0.2) is 0 Å². The van der Waals surface area contributed by atoms with Crippen LogP contribution in [0.15, 0.2) is 52.3 Å². The van der Waals surface area contributed by atoms with Crippen LogP contribution in [0.25, 0.3) is 0 Å². The molecule has 0 N–H and O–H groups in total. The summed E-state index contributed by atoms with van der Waals surface area (Å²) in [7, 11) is 0. The fourth-order valence-corrected chi connectivity index (χ4v) is 3.93. The highest BCUT2D eigenvalue weighted by molar-refractivity contribution is 7.99. The van der Waals surface area contributed by atoms with Gasteiger partial charge in [-0.15, -0.1) is 0 Å². The van der Waals surface area contributed by atoms with Gasteiger partial charge in [-0.2, -0.15) is 0 Å². The van der Waals surface area contributed by atoms with Crippen molar-refractivity contribution in [3.63, 3.8) is 0 Å². The summed E-state index contributed by atoms with van der Waals surface area (Å²) in [6, 6.07) is 15.5. The SMILES string of the molecule is Cc1ccc2c(c1)C(C)(C)c1ccccc1S2. The monoisotopic (exact) mass is 240 g/mol. The molecule has 0 aromatic heterocycles. The third-order valence-electron chi connectivity index (χ3n) is 3.59. The molecule has 1 heterocycles. The Hall–Kier alpha value is -1.21. The quantitative estimate of drug-likeness (QED) is 0.638. The van der Waals surface area contributed by atoms with Crippen LogP contribution in [0.4, 0.5) is 0 Å². The van der Waals surface area contributed by atoms with Crippen LogP contribution in [-0.4, -0.2) is 0 Å². The van der Waals surface area contributed by atoms with Gasteiger partial charge < -0.3 is 0 Å². The minimum absolute atomic E-state index is 0.114. The van der Waals surface area contributed by atoms with E-state index in [1.165, 1.54) is 26.5 Å². The van der Waals surface area contributed by atoms with Gasteiger partial charge in [-0.1, -0.05) is 61.5 Å². The summed E-state index contributed by atoms with van der Waals surface area (Å²) in [5, 5.41) is 0. The minimum Gasteiger partial charge on any atom is -0.0895 e. The lowest BCUT2D eigenvalue weighted by molar-refractivity contribution is 0.606. The third kappa shape index (κ3) is 1.61. The highest BCUT2D eigenvalue weighted by Crippen LogP contribution is 2.48. The molecule has 0 unspecified atom stereocenters. The summed E-state index contributed by atoms with van der Waals surface area (Å²) < 4.78 is 0. The number of hydrogen-bond acceptors (Lipinski definition) is 1. The minimum atomic E-state index is 0.114. The zero-order chi connectivity index (χ0) is 12.0. The van der Waals surface area contributed by atoms with E-state index in [1.54, 1.807) is 0 Å². The number of aryl methyl sites for hydroxylation is 1. The van der Waals surface area contributed by atoms with Crippen LogP contribution < -0.4 is 0 Å². The average Bonchev–Trinajstić information content (AvgIpc) is 2.31. The molecule has 0 saturated carbocycles. The van der Waals surface area contributed by atoms with Gasteiger partial charge in [-0.05, 0) is 30.2 Å². The molecule has 2 aromatic rings. The first kappa shape index (κ1) is 10.9. The van der Waals surface area contributed by atoms with E-state index in [-0.39, 0.29) is 5.41 Å². The van der Waals surface area contributed by atoms with Crippen LogP contribution in [-0.2, 0) is 5.41 Å². The molecule has 1 aliphatic heterocycles. The predicted molar refractivity (Wildman–Crippen MR) is 73.9 cm³/mol. The molecule has 0 amide bonds. The summed E-state index contributed by atoms with van der Waals surface area (Å²) in [4.78, 5) is 2.80. The van der Waals surface area contributed by atoms with Crippen molar-refractivity contribution in [2.24, 2.45) is 0 Å². The fraction of sp³-hybridized carbons (Fsp3) is 0.250. The number of fused-ring (bicyclic) bond motifs is 2. The Morgan fingerprint density at radius 3 is 2.41 bits per heavy atom. The van der Waals surface area contributed by atoms with Crippen LogP contribution in [0.2, 0.25) is 0 Å². The van der Waals surface area contributed by atoms with Crippen molar-refractivity contribution in [2.75, 3.05) is 0 Å². The molecule has 0 saturated heterocycles. The zero-order valence-corrected chi connectivity index (χ0v) is 11.3. The Kier molecular flexibility index (Phi) is 2.34. The van der Waals surface area contributed by atoms with Gasteiger partial charge >= 0.3 is 0 Å². The van der Waals surface area contributed by atoms with E-state index in [0.29, 0.717) is 0 Å². The van der Waals surface area contributed by atoms with Gasteiger partial charge in [0.05, 0.1) is 0 Å². The predicted octanol–water partition coefficient (Wildman–Crippen LogP) is 4.79. The highest BCUT2D eigenvalue weighted by Gasteiger charge is 2.32. The normalized spacial score (nSPS) is 16.2. The van der Waals surface area contributed by atoms with Crippen LogP contribution in [0, 0.1) is 6.92 Å². The summed E-state index contributed by atoms with van der Waals surface area (Å²) in [5.74, 6) is 0. The second-order valence-electron chi connectivity index (χ2n) is 5.22. The molecule has 0 nitrogen and oxygen atoms in total. The van der Waals surface area contributed by atoms with E-state index in [0.717, 1.165) is 0 Å². The molecule has 1 aliphatic rings. The van der Waals surface area contributed by atoms with Crippen molar-refractivity contribution in [1.29, 1.82) is 0 Å². The Morgan fingerprint density at radius 1 is 0.882 bits per heavy atom. The van der Waals surface area contributed by atoms with E-state index in [2.05, 4.69) is 63.2 Å². The van der Waals surface area contributed by atoms with Crippen LogP contribution in [0.1, 0.15) is 30.5 Å². The summed E-state index contributed by atoms with van der Waals surface area (Å²) in [5.41, 5.74) is 4.37. The Labute approximate surface area is 107 Å². The van der Waals surface area contributed by atoms with Gasteiger partial charge in [0.2, 0.25) is 0 Å². The van der Waals surface area contributed by atoms with E-state index >= 15 is 0 Å². The molecule has 0 radical (unpaired) electrons. The van der Waals surface area contributed by atoms with Crippen molar-refractivity contribution < 1.29 is 0 Å². The van der Waals surface area contributed by atoms with Gasteiger partial charge in [0, 0.05) is 15.2 Å². The smallest absolute Gasteiger partial charge is 0.0169 e. The van der Waals surface area contributed by atoms with Crippen molar-refractivity contribution >= 4 is 11.8 Å². The molecule has 0 bridgehead atoms. The van der Waals surface area contributed by atoms with Crippen LogP contribution in [0.5, 0.6) is 0 Å². The van der Waals surface area contributed by atoms with Gasteiger partial charge in [0.1, 0.15) is 0 Å². The first-order chi connectivity index (χ1) is 8.09. The molecule has 1 heteroatoms. The average molecular weight is 240 g/mol. The Balaban J connectivity index is 2.27. The van der Waals surface area contributed by atoms with E-state index in [4.69, 9.17) is 0 Å². The molecule has 0 spiro atoms. The van der Waals surface area contributed by atoms with Crippen molar-refractivity contribution in [3.05, 3.63) is 59.2 Å². The second kappa shape index (κ2) is 3.64. The Bertz CT molecular complexity index is 582. The summed E-state index contributed by atoms with van der Waals surface area (Å²) in [6.07, 6.45) is 0. The first-order valence-electron chi connectivity index (χ1n) is 5.97. The second-order valence-corrected chi connectivity index (χ2v) is 6.31. The highest BCUT2D eigenvalue weighted by atomic mass is 32.2. The van der Waals surface area contributed by atoms with Crippen LogP contribution >= 0.6 is 11.8 Å². The molecule has 0 fully saturated rings. The maximum absolute atomic E-state index is 2.33. The van der Waals surface area contributed by atoms with Gasteiger partial charge in [0.25, 0.3) is 0 Å². The lowest BCUT2D eigenvalue weighted by atomic mass is 9.77. The molecular weight excluding hydrogens is 224 g/mol. The van der Waals surface area contributed by atoms with Gasteiger partial charge in [-0.3, -0.25) is 0 Å². The maximum Gasteiger partial charge on any atom is 0.0169 e. The number of benzene rings is 2. The lowest BCUT2D eigenvalue weighted by Crippen LogP contribution is -2.23. The molecular formula is C16H16S. The molecule has 2 aromatic carbocycles. The van der Waals surface area contributed by atoms with Crippen molar-refractivity contribution in [3.8, 4) is 0 Å². The van der Waals surface area contributed by atoms with E-state index < -0.39 is 0 Å². The fourth-order valence-electron chi connectivity index (χ4n) is 2.56. The van der Waals surface area contributed by atoms with Crippen molar-refractivity contribution in [2.45, 2.75) is 36.0 Å². The summed E-state index contributed by atoms with van der Waals surface area (Å²) >= 11 is 1.89. The standard InChI is InChI=1S/C16H16S/c1-11-8-9-15-13(10-11)16(2,3)12-6-4-5-7-14(12)17-15/h4-10H,1-3H3.